The second kappa shape index (κ2) is 8.91. The Morgan fingerprint density at radius 2 is 1.90 bits per heavy atom. The Morgan fingerprint density at radius 1 is 1.10 bits per heavy atom. The van der Waals surface area contributed by atoms with Crippen LogP contribution in [0.1, 0.15) is 23.4 Å². The number of hydrogen-bond donors (Lipinski definition) is 2. The van der Waals surface area contributed by atoms with Crippen LogP contribution in [0.5, 0.6) is 0 Å². The Kier molecular flexibility index (Phi) is 5.89. The molecule has 2 aromatic carbocycles. The molecular formula is C21H20N6O2S. The molecule has 0 spiro atoms. The average Bonchev–Trinajstić information content (AvgIpc) is 3.42. The fourth-order valence-electron chi connectivity index (χ4n) is 2.73. The number of nitrogens with one attached hydrogen (secondary N) is 2. The summed E-state index contributed by atoms with van der Waals surface area (Å²) in [5.74, 6) is 0.994. The van der Waals surface area contributed by atoms with Gasteiger partial charge >= 0.3 is 0 Å². The molecule has 0 unspecified atom stereocenters. The van der Waals surface area contributed by atoms with Crippen LogP contribution in [0.4, 0.5) is 5.69 Å². The van der Waals surface area contributed by atoms with Crippen LogP contribution in [0.2, 0.25) is 0 Å². The predicted molar refractivity (Wildman–Crippen MR) is 113 cm³/mol. The van der Waals surface area contributed by atoms with Gasteiger partial charge in [-0.1, -0.05) is 23.0 Å². The number of aromatic nitrogens is 5. The molecule has 2 N–H and O–H groups in total. The van der Waals surface area contributed by atoms with E-state index in [1.165, 1.54) is 22.3 Å². The topological polar surface area (TPSA) is 110 Å². The molecule has 4 rings (SSSR count). The maximum atomic E-state index is 12.2. The maximum absolute atomic E-state index is 12.2. The van der Waals surface area contributed by atoms with Gasteiger partial charge in [0.1, 0.15) is 6.33 Å². The minimum atomic E-state index is -0.121. The van der Waals surface area contributed by atoms with Crippen molar-refractivity contribution in [1.29, 1.82) is 0 Å². The van der Waals surface area contributed by atoms with Crippen molar-refractivity contribution in [3.05, 3.63) is 65.8 Å². The van der Waals surface area contributed by atoms with E-state index in [4.69, 9.17) is 4.52 Å². The van der Waals surface area contributed by atoms with Crippen molar-refractivity contribution >= 4 is 23.4 Å². The quantitative estimate of drug-likeness (QED) is 0.461. The van der Waals surface area contributed by atoms with Crippen LogP contribution < -0.4 is 5.32 Å². The van der Waals surface area contributed by atoms with E-state index in [1.54, 1.807) is 11.8 Å². The highest BCUT2D eigenvalue weighted by Crippen LogP contribution is 2.29. The molecule has 0 fully saturated rings. The third-order valence-electron chi connectivity index (χ3n) is 4.51. The molecule has 4 aromatic rings. The van der Waals surface area contributed by atoms with Crippen LogP contribution in [0.3, 0.4) is 0 Å². The van der Waals surface area contributed by atoms with E-state index in [1.807, 2.05) is 24.3 Å². The van der Waals surface area contributed by atoms with Crippen molar-refractivity contribution < 1.29 is 9.32 Å². The number of nitrogens with zero attached hydrogens (tertiary/aromatic N) is 4. The van der Waals surface area contributed by atoms with Crippen LogP contribution in [0.15, 0.2) is 63.1 Å². The van der Waals surface area contributed by atoms with Crippen LogP contribution >= 0.6 is 11.8 Å². The molecule has 0 aliphatic heterocycles. The van der Waals surface area contributed by atoms with E-state index < -0.39 is 0 Å². The predicted octanol–water partition coefficient (Wildman–Crippen LogP) is 4.19. The minimum Gasteiger partial charge on any atom is -0.339 e. The van der Waals surface area contributed by atoms with Gasteiger partial charge in [-0.3, -0.25) is 9.89 Å². The Morgan fingerprint density at radius 3 is 2.63 bits per heavy atom. The highest BCUT2D eigenvalue weighted by Gasteiger charge is 2.12. The highest BCUT2D eigenvalue weighted by atomic mass is 32.2. The van der Waals surface area contributed by atoms with Crippen LogP contribution in [0, 0.1) is 13.8 Å². The molecular weight excluding hydrogens is 400 g/mol. The van der Waals surface area contributed by atoms with E-state index in [-0.39, 0.29) is 12.3 Å². The largest absolute Gasteiger partial charge is 0.339 e. The second-order valence-electron chi connectivity index (χ2n) is 6.77. The zero-order valence-corrected chi connectivity index (χ0v) is 17.4. The SMILES string of the molecule is Cc1ccc(Sc2ccc(NC(=O)CCc3nc(-c4ncn[nH]4)no3)cc2)cc1C. The number of carbonyl (C=O) groups excluding carboxylic acids is 1. The molecule has 0 atom stereocenters. The fraction of sp³-hybridized carbons (Fsp3) is 0.190. The molecule has 1 amide bonds. The number of rotatable bonds is 7. The summed E-state index contributed by atoms with van der Waals surface area (Å²) in [6.45, 7) is 4.22. The molecule has 0 saturated heterocycles. The molecule has 8 nitrogen and oxygen atoms in total. The van der Waals surface area contributed by atoms with Crippen LogP contribution in [-0.4, -0.2) is 31.2 Å². The minimum absolute atomic E-state index is 0.121. The van der Waals surface area contributed by atoms with Crippen molar-refractivity contribution in [2.75, 3.05) is 5.32 Å². The van der Waals surface area contributed by atoms with Gasteiger partial charge in [0, 0.05) is 28.3 Å². The molecule has 30 heavy (non-hydrogen) atoms. The van der Waals surface area contributed by atoms with E-state index in [0.29, 0.717) is 24.0 Å². The first-order valence-corrected chi connectivity index (χ1v) is 10.2. The van der Waals surface area contributed by atoms with Crippen molar-refractivity contribution in [3.63, 3.8) is 0 Å². The lowest BCUT2D eigenvalue weighted by molar-refractivity contribution is -0.116. The lowest BCUT2D eigenvalue weighted by atomic mass is 10.1. The molecule has 152 valence electrons. The number of benzene rings is 2. The molecule has 0 radical (unpaired) electrons. The summed E-state index contributed by atoms with van der Waals surface area (Å²) in [6, 6.07) is 14.2. The molecule has 0 aliphatic rings. The number of aryl methyl sites for hydroxylation is 3. The van der Waals surface area contributed by atoms with Gasteiger partial charge in [0.15, 0.2) is 5.82 Å². The van der Waals surface area contributed by atoms with E-state index >= 15 is 0 Å². The normalized spacial score (nSPS) is 10.9. The van der Waals surface area contributed by atoms with Gasteiger partial charge in [-0.05, 0) is 61.4 Å². The number of aromatic amines is 1. The Hall–Kier alpha value is -3.46. The average molecular weight is 420 g/mol. The van der Waals surface area contributed by atoms with Crippen molar-refractivity contribution in [2.45, 2.75) is 36.5 Å². The molecule has 0 aliphatic carbocycles. The Bertz CT molecular complexity index is 1140. The lowest BCUT2D eigenvalue weighted by Gasteiger charge is -2.07. The smallest absolute Gasteiger partial charge is 0.239 e. The molecule has 9 heteroatoms. The monoisotopic (exact) mass is 420 g/mol. The highest BCUT2D eigenvalue weighted by molar-refractivity contribution is 7.99. The number of hydrogen-bond acceptors (Lipinski definition) is 7. The van der Waals surface area contributed by atoms with Gasteiger partial charge < -0.3 is 9.84 Å². The first-order valence-electron chi connectivity index (χ1n) is 9.40. The summed E-state index contributed by atoms with van der Waals surface area (Å²) in [7, 11) is 0. The van der Waals surface area contributed by atoms with E-state index in [2.05, 4.69) is 62.7 Å². The molecule has 2 heterocycles. The zero-order valence-electron chi connectivity index (χ0n) is 16.5. The van der Waals surface area contributed by atoms with E-state index in [9.17, 15) is 4.79 Å². The molecule has 0 saturated carbocycles. The van der Waals surface area contributed by atoms with Crippen molar-refractivity contribution in [1.82, 2.24) is 25.3 Å². The van der Waals surface area contributed by atoms with Crippen molar-refractivity contribution in [3.8, 4) is 11.6 Å². The van der Waals surface area contributed by atoms with Gasteiger partial charge in [-0.2, -0.15) is 10.1 Å². The molecule has 2 aromatic heterocycles. The molecule has 0 bridgehead atoms. The maximum Gasteiger partial charge on any atom is 0.239 e. The van der Waals surface area contributed by atoms with Crippen molar-refractivity contribution in [2.24, 2.45) is 0 Å². The summed E-state index contributed by atoms with van der Waals surface area (Å²) >= 11 is 1.69. The third-order valence-corrected chi connectivity index (χ3v) is 5.51. The van der Waals surface area contributed by atoms with Crippen LogP contribution in [0.25, 0.3) is 11.6 Å². The van der Waals surface area contributed by atoms with Gasteiger partial charge in [-0.25, -0.2) is 4.98 Å². The summed E-state index contributed by atoms with van der Waals surface area (Å²) < 4.78 is 5.15. The zero-order chi connectivity index (χ0) is 20.9. The number of H-pyrrole nitrogens is 1. The number of anilines is 1. The fourth-order valence-corrected chi connectivity index (χ4v) is 3.65. The first kappa shape index (κ1) is 19.8. The summed E-state index contributed by atoms with van der Waals surface area (Å²) in [6.07, 6.45) is 1.94. The standard InChI is InChI=1S/C21H20N6O2S/c1-13-3-6-17(11-14(13)2)30-16-7-4-15(5-8-16)24-18(28)9-10-19-25-21(27-29-19)20-22-12-23-26-20/h3-8,11-12H,9-10H2,1-2H3,(H,24,28)(H,22,23,26). The lowest BCUT2D eigenvalue weighted by Crippen LogP contribution is -2.12. The van der Waals surface area contributed by atoms with Gasteiger partial charge in [-0.15, -0.1) is 0 Å². The first-order chi connectivity index (χ1) is 14.6. The summed E-state index contributed by atoms with van der Waals surface area (Å²) in [5, 5.41) is 13.1. The van der Waals surface area contributed by atoms with Gasteiger partial charge in [0.05, 0.1) is 0 Å². The Labute approximate surface area is 177 Å². The third kappa shape index (κ3) is 4.93. The van der Waals surface area contributed by atoms with Gasteiger partial charge in [0.2, 0.25) is 17.6 Å². The summed E-state index contributed by atoms with van der Waals surface area (Å²) in [5.41, 5.74) is 3.31. The van der Waals surface area contributed by atoms with Crippen LogP contribution in [-0.2, 0) is 11.2 Å². The van der Waals surface area contributed by atoms with Gasteiger partial charge in [0.25, 0.3) is 0 Å². The number of carbonyl (C=O) groups is 1. The Balaban J connectivity index is 1.28. The number of amides is 1. The second-order valence-corrected chi connectivity index (χ2v) is 7.91. The summed E-state index contributed by atoms with van der Waals surface area (Å²) in [4.78, 5) is 22.7. The van der Waals surface area contributed by atoms with E-state index in [0.717, 1.165) is 10.6 Å².